The Morgan fingerprint density at radius 3 is 2.77 bits per heavy atom. The van der Waals surface area contributed by atoms with Crippen LogP contribution < -0.4 is 0 Å². The van der Waals surface area contributed by atoms with E-state index >= 15 is 0 Å². The number of halogens is 1. The fraction of sp³-hybridized carbons (Fsp3) is 0.750. The molecule has 1 amide bonds. The topological polar surface area (TPSA) is 47.4 Å². The Morgan fingerprint density at radius 1 is 1.50 bits per heavy atom. The molecule has 1 saturated carbocycles. The van der Waals surface area contributed by atoms with Crippen LogP contribution in [0, 0.1) is 0 Å². The fourth-order valence-electron chi connectivity index (χ4n) is 3.01. The SMILES string of the molecule is CO[C@@H]1CCC[C@H]1N(Cc1cnn(C(C)(C)C)c1)C(=O)CCl. The first kappa shape index (κ1) is 17.3. The zero-order valence-electron chi connectivity index (χ0n) is 13.9. The van der Waals surface area contributed by atoms with Gasteiger partial charge in [-0.05, 0) is 40.0 Å². The molecule has 0 aromatic carbocycles. The second kappa shape index (κ2) is 7.01. The van der Waals surface area contributed by atoms with E-state index in [-0.39, 0.29) is 29.5 Å². The third-order valence-corrected chi connectivity index (χ3v) is 4.46. The zero-order chi connectivity index (χ0) is 16.3. The van der Waals surface area contributed by atoms with Crippen molar-refractivity contribution in [1.29, 1.82) is 0 Å². The Kier molecular flexibility index (Phi) is 5.50. The molecule has 124 valence electrons. The maximum atomic E-state index is 12.3. The summed E-state index contributed by atoms with van der Waals surface area (Å²) < 4.78 is 7.46. The van der Waals surface area contributed by atoms with E-state index in [4.69, 9.17) is 16.3 Å². The average molecular weight is 328 g/mol. The predicted molar refractivity (Wildman–Crippen MR) is 86.9 cm³/mol. The number of carbonyl (C=O) groups excluding carboxylic acids is 1. The van der Waals surface area contributed by atoms with Gasteiger partial charge in [0.25, 0.3) is 0 Å². The number of amides is 1. The van der Waals surface area contributed by atoms with E-state index in [1.165, 1.54) is 0 Å². The number of alkyl halides is 1. The van der Waals surface area contributed by atoms with Gasteiger partial charge in [-0.15, -0.1) is 11.6 Å². The van der Waals surface area contributed by atoms with Crippen molar-refractivity contribution in [3.8, 4) is 0 Å². The van der Waals surface area contributed by atoms with Gasteiger partial charge < -0.3 is 9.64 Å². The lowest BCUT2D eigenvalue weighted by Gasteiger charge is -2.32. The highest BCUT2D eigenvalue weighted by atomic mass is 35.5. The fourth-order valence-corrected chi connectivity index (χ4v) is 3.16. The summed E-state index contributed by atoms with van der Waals surface area (Å²) in [5, 5.41) is 4.41. The molecule has 1 aliphatic carbocycles. The molecule has 22 heavy (non-hydrogen) atoms. The summed E-state index contributed by atoms with van der Waals surface area (Å²) in [6.07, 6.45) is 6.98. The van der Waals surface area contributed by atoms with Gasteiger partial charge in [-0.3, -0.25) is 9.48 Å². The molecule has 0 spiro atoms. The Labute approximate surface area is 137 Å². The van der Waals surface area contributed by atoms with Crippen molar-refractivity contribution in [3.63, 3.8) is 0 Å². The van der Waals surface area contributed by atoms with Crippen molar-refractivity contribution in [2.24, 2.45) is 0 Å². The highest BCUT2D eigenvalue weighted by molar-refractivity contribution is 6.27. The van der Waals surface area contributed by atoms with Crippen LogP contribution in [0.5, 0.6) is 0 Å². The normalized spacial score (nSPS) is 22.0. The van der Waals surface area contributed by atoms with Crippen LogP contribution in [0.3, 0.4) is 0 Å². The molecule has 0 bridgehead atoms. The quantitative estimate of drug-likeness (QED) is 0.781. The second-order valence-corrected chi connectivity index (χ2v) is 7.16. The average Bonchev–Trinajstić information content (AvgIpc) is 3.11. The first-order valence-electron chi connectivity index (χ1n) is 7.79. The van der Waals surface area contributed by atoms with Crippen molar-refractivity contribution < 1.29 is 9.53 Å². The van der Waals surface area contributed by atoms with E-state index in [1.54, 1.807) is 7.11 Å². The molecular weight excluding hydrogens is 302 g/mol. The standard InChI is InChI=1S/C16H26ClN3O2/c1-16(2,3)20-11-12(9-18-20)10-19(15(21)8-17)13-6-5-7-14(13)22-4/h9,11,13-14H,5-8,10H2,1-4H3/t13-,14-/m1/s1. The number of hydrogen-bond donors (Lipinski definition) is 0. The molecule has 2 rings (SSSR count). The third-order valence-electron chi connectivity index (χ3n) is 4.23. The summed E-state index contributed by atoms with van der Waals surface area (Å²) >= 11 is 5.81. The van der Waals surface area contributed by atoms with Crippen LogP contribution >= 0.6 is 11.6 Å². The number of hydrogen-bond acceptors (Lipinski definition) is 3. The van der Waals surface area contributed by atoms with Crippen molar-refractivity contribution in [2.75, 3.05) is 13.0 Å². The molecule has 1 aromatic heterocycles. The number of aromatic nitrogens is 2. The number of methoxy groups -OCH3 is 1. The van der Waals surface area contributed by atoms with Crippen LogP contribution in [0.1, 0.15) is 45.6 Å². The molecule has 1 aliphatic rings. The van der Waals surface area contributed by atoms with Crippen LogP contribution in [-0.4, -0.2) is 45.7 Å². The summed E-state index contributed by atoms with van der Waals surface area (Å²) in [4.78, 5) is 14.1. The first-order valence-corrected chi connectivity index (χ1v) is 8.32. The van der Waals surface area contributed by atoms with Gasteiger partial charge in [0, 0.05) is 25.4 Å². The highest BCUT2D eigenvalue weighted by Crippen LogP contribution is 2.28. The summed E-state index contributed by atoms with van der Waals surface area (Å²) in [6.45, 7) is 6.84. The molecule has 0 aliphatic heterocycles. The molecule has 5 nitrogen and oxygen atoms in total. The van der Waals surface area contributed by atoms with Crippen LogP contribution in [0.2, 0.25) is 0 Å². The highest BCUT2D eigenvalue weighted by Gasteiger charge is 2.34. The predicted octanol–water partition coefficient (Wildman–Crippen LogP) is 2.77. The van der Waals surface area contributed by atoms with Gasteiger partial charge in [-0.1, -0.05) is 0 Å². The lowest BCUT2D eigenvalue weighted by atomic mass is 10.1. The van der Waals surface area contributed by atoms with Crippen LogP contribution in [0.4, 0.5) is 0 Å². The second-order valence-electron chi connectivity index (χ2n) is 6.89. The minimum absolute atomic E-state index is 0.000340. The number of ether oxygens (including phenoxy) is 1. The Balaban J connectivity index is 2.17. The van der Waals surface area contributed by atoms with E-state index in [9.17, 15) is 4.79 Å². The smallest absolute Gasteiger partial charge is 0.238 e. The monoisotopic (exact) mass is 327 g/mol. The molecular formula is C16H26ClN3O2. The minimum Gasteiger partial charge on any atom is -0.379 e. The summed E-state index contributed by atoms with van der Waals surface area (Å²) in [6, 6.07) is 0.106. The Morgan fingerprint density at radius 2 is 2.23 bits per heavy atom. The number of carbonyl (C=O) groups is 1. The molecule has 0 saturated heterocycles. The molecule has 0 unspecified atom stereocenters. The van der Waals surface area contributed by atoms with Crippen molar-refractivity contribution in [3.05, 3.63) is 18.0 Å². The maximum Gasteiger partial charge on any atom is 0.238 e. The Hall–Kier alpha value is -1.07. The van der Waals surface area contributed by atoms with Crippen molar-refractivity contribution in [2.45, 2.75) is 64.3 Å². The lowest BCUT2D eigenvalue weighted by Crippen LogP contribution is -2.45. The molecule has 2 atom stereocenters. The van der Waals surface area contributed by atoms with Gasteiger partial charge in [0.05, 0.1) is 23.9 Å². The van der Waals surface area contributed by atoms with E-state index in [0.717, 1.165) is 24.8 Å². The number of rotatable bonds is 5. The van der Waals surface area contributed by atoms with Gasteiger partial charge in [0.1, 0.15) is 5.88 Å². The van der Waals surface area contributed by atoms with E-state index < -0.39 is 0 Å². The zero-order valence-corrected chi connectivity index (χ0v) is 14.6. The van der Waals surface area contributed by atoms with Gasteiger partial charge in [-0.25, -0.2) is 0 Å². The van der Waals surface area contributed by atoms with Crippen molar-refractivity contribution >= 4 is 17.5 Å². The van der Waals surface area contributed by atoms with Gasteiger partial charge in [0.15, 0.2) is 0 Å². The minimum atomic E-state index is -0.0675. The molecule has 6 heteroatoms. The molecule has 0 radical (unpaired) electrons. The van der Waals surface area contributed by atoms with E-state index in [2.05, 4.69) is 25.9 Å². The maximum absolute atomic E-state index is 12.3. The molecule has 1 fully saturated rings. The Bertz CT molecular complexity index is 510. The van der Waals surface area contributed by atoms with E-state index in [1.807, 2.05) is 22.0 Å². The van der Waals surface area contributed by atoms with Gasteiger partial charge >= 0.3 is 0 Å². The van der Waals surface area contributed by atoms with Gasteiger partial charge in [0.2, 0.25) is 5.91 Å². The van der Waals surface area contributed by atoms with Crippen LogP contribution in [-0.2, 0) is 21.6 Å². The van der Waals surface area contributed by atoms with Crippen LogP contribution in [0.25, 0.3) is 0 Å². The third kappa shape index (κ3) is 3.82. The molecule has 1 aromatic rings. The van der Waals surface area contributed by atoms with E-state index in [0.29, 0.717) is 6.54 Å². The summed E-state index contributed by atoms with van der Waals surface area (Å²) in [5.74, 6) is -0.0421. The van der Waals surface area contributed by atoms with Crippen molar-refractivity contribution in [1.82, 2.24) is 14.7 Å². The molecule has 1 heterocycles. The lowest BCUT2D eigenvalue weighted by molar-refractivity contribution is -0.134. The largest absolute Gasteiger partial charge is 0.379 e. The van der Waals surface area contributed by atoms with Gasteiger partial charge in [-0.2, -0.15) is 5.10 Å². The summed E-state index contributed by atoms with van der Waals surface area (Å²) in [5.41, 5.74) is 0.956. The van der Waals surface area contributed by atoms with Crippen LogP contribution in [0.15, 0.2) is 12.4 Å². The summed E-state index contributed by atoms with van der Waals surface area (Å²) in [7, 11) is 1.71. The molecule has 0 N–H and O–H groups in total. The first-order chi connectivity index (χ1) is 10.4. The number of nitrogens with zero attached hydrogens (tertiary/aromatic N) is 3.